The maximum Gasteiger partial charge on any atom is 0.0624 e. The number of nitrogens with zero attached hydrogens (tertiary/aromatic N) is 1. The second-order valence-electron chi connectivity index (χ2n) is 3.49. The first-order chi connectivity index (χ1) is 6.33. The molecule has 0 heterocycles. The van der Waals surface area contributed by atoms with Crippen LogP contribution in [0.3, 0.4) is 0 Å². The summed E-state index contributed by atoms with van der Waals surface area (Å²) in [5.74, 6) is 0.519. The van der Waals surface area contributed by atoms with Crippen molar-refractivity contribution in [2.75, 3.05) is 0 Å². The number of aryl methyl sites for hydroxylation is 1. The second kappa shape index (κ2) is 5.37. The lowest BCUT2D eigenvalue weighted by Crippen LogP contribution is -1.95. The zero-order valence-electron chi connectivity index (χ0n) is 8.03. The Labute approximate surface area is 80.0 Å². The van der Waals surface area contributed by atoms with Gasteiger partial charge in [-0.25, -0.2) is 0 Å². The highest BCUT2D eigenvalue weighted by molar-refractivity contribution is 5.14. The summed E-state index contributed by atoms with van der Waals surface area (Å²) in [5, 5.41) is 8.48. The summed E-state index contributed by atoms with van der Waals surface area (Å²) in [7, 11) is 0. The molecule has 0 aliphatic heterocycles. The van der Waals surface area contributed by atoms with Crippen LogP contribution in [0.5, 0.6) is 0 Å². The molecule has 0 N–H and O–H groups in total. The number of hydrogen-bond donors (Lipinski definition) is 0. The summed E-state index contributed by atoms with van der Waals surface area (Å²) in [6.45, 7) is 2.13. The Morgan fingerprint density at radius 2 is 2.00 bits per heavy atom. The van der Waals surface area contributed by atoms with Crippen LogP contribution in [-0.4, -0.2) is 0 Å². The van der Waals surface area contributed by atoms with Gasteiger partial charge in [-0.05, 0) is 24.3 Å². The van der Waals surface area contributed by atoms with E-state index in [0.717, 1.165) is 12.8 Å². The van der Waals surface area contributed by atoms with Gasteiger partial charge >= 0.3 is 0 Å². The summed E-state index contributed by atoms with van der Waals surface area (Å²) < 4.78 is 0. The average molecular weight is 173 g/mol. The van der Waals surface area contributed by atoms with E-state index in [0.29, 0.717) is 12.3 Å². The van der Waals surface area contributed by atoms with Crippen LogP contribution in [0.25, 0.3) is 0 Å². The highest BCUT2D eigenvalue weighted by Gasteiger charge is 2.00. The number of nitriles is 1. The average Bonchev–Trinajstić information content (AvgIpc) is 2.17. The molecule has 0 fully saturated rings. The van der Waals surface area contributed by atoms with Gasteiger partial charge in [0.25, 0.3) is 0 Å². The lowest BCUT2D eigenvalue weighted by molar-refractivity contribution is 0.545. The van der Waals surface area contributed by atoms with Crippen molar-refractivity contribution in [3.8, 4) is 6.07 Å². The topological polar surface area (TPSA) is 23.8 Å². The van der Waals surface area contributed by atoms with Crippen LogP contribution in [0.1, 0.15) is 25.3 Å². The molecule has 0 amide bonds. The van der Waals surface area contributed by atoms with E-state index in [4.69, 9.17) is 5.26 Å². The van der Waals surface area contributed by atoms with Crippen LogP contribution in [0, 0.1) is 17.2 Å². The molecule has 1 rings (SSSR count). The summed E-state index contributed by atoms with van der Waals surface area (Å²) in [5.41, 5.74) is 1.37. The van der Waals surface area contributed by atoms with Gasteiger partial charge in [0.2, 0.25) is 0 Å². The lowest BCUT2D eigenvalue weighted by Gasteiger charge is -2.05. The molecule has 1 aromatic carbocycles. The minimum Gasteiger partial charge on any atom is -0.198 e. The van der Waals surface area contributed by atoms with Crippen molar-refractivity contribution in [1.82, 2.24) is 0 Å². The van der Waals surface area contributed by atoms with Gasteiger partial charge in [0.1, 0.15) is 0 Å². The van der Waals surface area contributed by atoms with Crippen LogP contribution in [0.15, 0.2) is 30.3 Å². The van der Waals surface area contributed by atoms with E-state index in [2.05, 4.69) is 37.3 Å². The Bertz CT molecular complexity index is 271. The fraction of sp³-hybridized carbons (Fsp3) is 0.417. The molecule has 1 atom stereocenters. The largest absolute Gasteiger partial charge is 0.198 e. The minimum atomic E-state index is 0.519. The molecule has 68 valence electrons. The molecule has 0 saturated carbocycles. The Morgan fingerprint density at radius 1 is 1.31 bits per heavy atom. The molecule has 0 spiro atoms. The quantitative estimate of drug-likeness (QED) is 0.686. The summed E-state index contributed by atoms with van der Waals surface area (Å²) in [4.78, 5) is 0. The third-order valence-electron chi connectivity index (χ3n) is 2.21. The first kappa shape index (κ1) is 9.80. The SMILES string of the molecule is C[C@@H](CC#N)CCc1ccccc1. The van der Waals surface area contributed by atoms with Gasteiger partial charge in [0.15, 0.2) is 0 Å². The Morgan fingerprint density at radius 3 is 2.62 bits per heavy atom. The Hall–Kier alpha value is -1.29. The Kier molecular flexibility index (Phi) is 4.05. The third-order valence-corrected chi connectivity index (χ3v) is 2.21. The smallest absolute Gasteiger partial charge is 0.0624 e. The number of rotatable bonds is 4. The zero-order valence-corrected chi connectivity index (χ0v) is 8.03. The predicted octanol–water partition coefficient (Wildman–Crippen LogP) is 3.17. The summed E-state index contributed by atoms with van der Waals surface area (Å²) in [6, 6.07) is 12.6. The van der Waals surface area contributed by atoms with Crippen molar-refractivity contribution in [2.24, 2.45) is 5.92 Å². The van der Waals surface area contributed by atoms with E-state index < -0.39 is 0 Å². The van der Waals surface area contributed by atoms with E-state index in [1.54, 1.807) is 0 Å². The van der Waals surface area contributed by atoms with Crippen molar-refractivity contribution >= 4 is 0 Å². The minimum absolute atomic E-state index is 0.519. The maximum absolute atomic E-state index is 8.48. The predicted molar refractivity (Wildman–Crippen MR) is 54.2 cm³/mol. The molecule has 0 aliphatic carbocycles. The Balaban J connectivity index is 2.32. The highest BCUT2D eigenvalue weighted by Crippen LogP contribution is 2.11. The maximum atomic E-state index is 8.48. The van der Waals surface area contributed by atoms with Gasteiger partial charge in [-0.1, -0.05) is 37.3 Å². The summed E-state index contributed by atoms with van der Waals surface area (Å²) >= 11 is 0. The molecular weight excluding hydrogens is 158 g/mol. The first-order valence-electron chi connectivity index (χ1n) is 4.74. The molecule has 0 saturated heterocycles. The number of hydrogen-bond acceptors (Lipinski definition) is 1. The van der Waals surface area contributed by atoms with E-state index >= 15 is 0 Å². The van der Waals surface area contributed by atoms with Crippen LogP contribution < -0.4 is 0 Å². The van der Waals surface area contributed by atoms with E-state index in [1.807, 2.05) is 6.07 Å². The van der Waals surface area contributed by atoms with Crippen LogP contribution >= 0.6 is 0 Å². The van der Waals surface area contributed by atoms with Crippen LogP contribution in [0.2, 0.25) is 0 Å². The van der Waals surface area contributed by atoms with Crippen molar-refractivity contribution in [2.45, 2.75) is 26.2 Å². The molecule has 0 aliphatic rings. The normalized spacial score (nSPS) is 12.0. The van der Waals surface area contributed by atoms with E-state index in [9.17, 15) is 0 Å². The lowest BCUT2D eigenvalue weighted by atomic mass is 9.99. The van der Waals surface area contributed by atoms with Gasteiger partial charge in [-0.3, -0.25) is 0 Å². The van der Waals surface area contributed by atoms with Gasteiger partial charge in [-0.2, -0.15) is 5.26 Å². The molecule has 1 aromatic rings. The molecule has 1 nitrogen and oxygen atoms in total. The van der Waals surface area contributed by atoms with Gasteiger partial charge in [0, 0.05) is 6.42 Å². The van der Waals surface area contributed by atoms with Crippen molar-refractivity contribution in [3.05, 3.63) is 35.9 Å². The van der Waals surface area contributed by atoms with Gasteiger partial charge < -0.3 is 0 Å². The van der Waals surface area contributed by atoms with Gasteiger partial charge in [-0.15, -0.1) is 0 Å². The molecular formula is C12H15N. The highest BCUT2D eigenvalue weighted by atomic mass is 14.2. The molecule has 1 heteroatoms. The standard InChI is InChI=1S/C12H15N/c1-11(9-10-13)7-8-12-5-3-2-4-6-12/h2-6,11H,7-9H2,1H3/t11-/m1/s1. The molecule has 0 radical (unpaired) electrons. The molecule has 13 heavy (non-hydrogen) atoms. The van der Waals surface area contributed by atoms with Crippen molar-refractivity contribution < 1.29 is 0 Å². The zero-order chi connectivity index (χ0) is 9.52. The third kappa shape index (κ3) is 3.75. The van der Waals surface area contributed by atoms with E-state index in [-0.39, 0.29) is 0 Å². The monoisotopic (exact) mass is 173 g/mol. The number of benzene rings is 1. The van der Waals surface area contributed by atoms with E-state index in [1.165, 1.54) is 5.56 Å². The molecule has 0 bridgehead atoms. The molecule has 0 aromatic heterocycles. The summed E-state index contributed by atoms with van der Waals surface area (Å²) in [6.07, 6.45) is 2.87. The van der Waals surface area contributed by atoms with Crippen molar-refractivity contribution in [3.63, 3.8) is 0 Å². The van der Waals surface area contributed by atoms with Gasteiger partial charge in [0.05, 0.1) is 6.07 Å². The van der Waals surface area contributed by atoms with Crippen LogP contribution in [-0.2, 0) is 6.42 Å². The first-order valence-corrected chi connectivity index (χ1v) is 4.74. The van der Waals surface area contributed by atoms with Crippen LogP contribution in [0.4, 0.5) is 0 Å². The molecule has 0 unspecified atom stereocenters. The van der Waals surface area contributed by atoms with Crippen molar-refractivity contribution in [1.29, 1.82) is 5.26 Å². The fourth-order valence-corrected chi connectivity index (χ4v) is 1.32. The second-order valence-corrected chi connectivity index (χ2v) is 3.49. The fourth-order valence-electron chi connectivity index (χ4n) is 1.32.